The maximum Gasteiger partial charge on any atom is 0.222 e. The van der Waals surface area contributed by atoms with Crippen molar-refractivity contribution in [3.63, 3.8) is 0 Å². The molecule has 0 aromatic carbocycles. The van der Waals surface area contributed by atoms with Gasteiger partial charge in [0, 0.05) is 130 Å². The van der Waals surface area contributed by atoms with Crippen LogP contribution in [0.25, 0.3) is 0 Å². The minimum Gasteiger partial charge on any atom is -0.394 e. The summed E-state index contributed by atoms with van der Waals surface area (Å²) in [6.45, 7) is 6.77. The van der Waals surface area contributed by atoms with Crippen molar-refractivity contribution >= 4 is 53.2 Å². The van der Waals surface area contributed by atoms with Crippen LogP contribution in [0.2, 0.25) is 0 Å². The fraction of sp³-hybridized carbons (Fsp3) is 0.855. The highest BCUT2D eigenvalue weighted by atomic mass is 16.7. The zero-order chi connectivity index (χ0) is 71.5. The van der Waals surface area contributed by atoms with Crippen molar-refractivity contribution < 1.29 is 127 Å². The lowest BCUT2D eigenvalue weighted by Crippen LogP contribution is -2.64. The molecule has 14 atom stereocenters. The minimum absolute atomic E-state index is 0.0248. The molecule has 17 N–H and O–H groups in total. The average molecular weight is 1400 g/mol. The summed E-state index contributed by atoms with van der Waals surface area (Å²) >= 11 is 0. The van der Waals surface area contributed by atoms with E-state index in [0.717, 1.165) is 0 Å². The molecule has 560 valence electrons. The van der Waals surface area contributed by atoms with Gasteiger partial charge in [-0.05, 0) is 57.8 Å². The molecule has 3 heterocycles. The van der Waals surface area contributed by atoms with Crippen LogP contribution < -0.4 is 47.9 Å². The van der Waals surface area contributed by atoms with Crippen molar-refractivity contribution in [3.05, 3.63) is 0 Å². The molecule has 0 aromatic rings. The number of hydrogen-bond acceptors (Lipinski definition) is 26. The lowest BCUT2D eigenvalue weighted by atomic mass is 9.94. The summed E-state index contributed by atoms with van der Waals surface area (Å²) in [4.78, 5) is 110. The molecular weight excluding hydrogens is 1290 g/mol. The quantitative estimate of drug-likeness (QED) is 0.0253. The van der Waals surface area contributed by atoms with E-state index < -0.39 is 116 Å². The third-order valence-corrected chi connectivity index (χ3v) is 15.6. The van der Waals surface area contributed by atoms with E-state index in [2.05, 4.69) is 47.9 Å². The summed E-state index contributed by atoms with van der Waals surface area (Å²) in [5.74, 6) is -2.76. The Morgan fingerprint density at radius 1 is 0.381 bits per heavy atom. The van der Waals surface area contributed by atoms with Gasteiger partial charge in [-0.3, -0.25) is 43.2 Å². The first kappa shape index (κ1) is 85.8. The summed E-state index contributed by atoms with van der Waals surface area (Å²) < 4.78 is 51.6. The Bertz CT molecular complexity index is 2220. The van der Waals surface area contributed by atoms with Gasteiger partial charge in [0.1, 0.15) is 54.7 Å². The maximum atomic E-state index is 12.7. The van der Waals surface area contributed by atoms with Crippen molar-refractivity contribution in [2.45, 2.75) is 216 Å². The number of rotatable bonds is 51. The molecule has 35 nitrogen and oxygen atoms in total. The molecule has 0 bridgehead atoms. The first-order valence-corrected chi connectivity index (χ1v) is 33.6. The number of amides is 9. The van der Waals surface area contributed by atoms with Crippen LogP contribution in [0, 0.1) is 5.41 Å². The van der Waals surface area contributed by atoms with E-state index in [9.17, 15) is 84.0 Å². The molecule has 3 rings (SSSR count). The Kier molecular flexibility index (Phi) is 43.5. The van der Waals surface area contributed by atoms with Gasteiger partial charge in [-0.15, -0.1) is 0 Å². The van der Waals surface area contributed by atoms with Crippen LogP contribution in [0.5, 0.6) is 0 Å². The Morgan fingerprint density at radius 3 is 0.979 bits per heavy atom. The van der Waals surface area contributed by atoms with Gasteiger partial charge in [-0.2, -0.15) is 0 Å². The molecule has 0 saturated carbocycles. The second kappa shape index (κ2) is 49.1. The molecule has 14 unspecified atom stereocenters. The highest BCUT2D eigenvalue weighted by Crippen LogP contribution is 2.26. The maximum absolute atomic E-state index is 12.7. The molecule has 3 aliphatic heterocycles. The first-order valence-electron chi connectivity index (χ1n) is 33.6. The summed E-state index contributed by atoms with van der Waals surface area (Å²) in [7, 11) is 0. The summed E-state index contributed by atoms with van der Waals surface area (Å²) in [5, 5.41) is 105. The van der Waals surface area contributed by atoms with Gasteiger partial charge in [0.15, 0.2) is 18.9 Å². The fourth-order valence-electron chi connectivity index (χ4n) is 10.3. The van der Waals surface area contributed by atoms with E-state index in [0.29, 0.717) is 84.0 Å². The van der Waals surface area contributed by atoms with Crippen LogP contribution in [0.1, 0.15) is 130 Å². The van der Waals surface area contributed by atoms with Crippen LogP contribution in [0.15, 0.2) is 0 Å². The molecule has 0 aromatic heterocycles. The normalized spacial score (nSPS) is 25.4. The first-order chi connectivity index (χ1) is 46.4. The highest BCUT2D eigenvalue weighted by Gasteiger charge is 2.47. The minimum atomic E-state index is -1.44. The SMILES string of the molecule is CC(=O)NC1C(O)CC(CO)OC1OCCCCC(=O)NCCCNC(=O)CCOCC(C)(COCCC(=O)NCCCNC(=O)CCCCOC1OC(CO)C(O)C(O)C1NC(C)=O)COCCC(=O)NCCCNC(=O)CCCCOC1OC(CO)C(O)C(O)C1NC(C)=O. The van der Waals surface area contributed by atoms with Crippen LogP contribution in [0.3, 0.4) is 0 Å². The van der Waals surface area contributed by atoms with E-state index in [4.69, 9.17) is 42.6 Å². The van der Waals surface area contributed by atoms with Gasteiger partial charge in [-0.1, -0.05) is 6.92 Å². The Hall–Kier alpha value is -5.45. The lowest BCUT2D eigenvalue weighted by Gasteiger charge is -2.42. The van der Waals surface area contributed by atoms with Gasteiger partial charge in [0.05, 0.1) is 71.7 Å². The second-order valence-electron chi connectivity index (χ2n) is 24.6. The summed E-state index contributed by atoms with van der Waals surface area (Å²) in [6.07, 6.45) is -7.87. The van der Waals surface area contributed by atoms with E-state index in [1.54, 1.807) is 0 Å². The summed E-state index contributed by atoms with van der Waals surface area (Å²) in [6, 6.07) is -2.93. The second-order valence-corrected chi connectivity index (χ2v) is 24.6. The molecule has 0 spiro atoms. The molecular formula is C62H111N9O26. The largest absolute Gasteiger partial charge is 0.394 e. The Labute approximate surface area is 566 Å². The Morgan fingerprint density at radius 2 is 0.680 bits per heavy atom. The molecule has 35 heteroatoms. The molecule has 3 aliphatic rings. The molecule has 3 fully saturated rings. The smallest absolute Gasteiger partial charge is 0.222 e. The van der Waals surface area contributed by atoms with Crippen LogP contribution in [0.4, 0.5) is 0 Å². The van der Waals surface area contributed by atoms with Crippen LogP contribution in [-0.2, 0) is 85.8 Å². The average Bonchev–Trinajstić information content (AvgIpc) is 0.835. The zero-order valence-electron chi connectivity index (χ0n) is 56.6. The Balaban J connectivity index is 1.33. The third-order valence-electron chi connectivity index (χ3n) is 15.6. The van der Waals surface area contributed by atoms with E-state index in [-0.39, 0.29) is 165 Å². The highest BCUT2D eigenvalue weighted by molar-refractivity contribution is 5.78. The monoisotopic (exact) mass is 1400 g/mol. The fourth-order valence-corrected chi connectivity index (χ4v) is 10.3. The standard InChI is InChI=1S/C62H111N9O26/c1-39(75)69-52-43(78)32-42(33-72)95-59(52)92-26-8-5-14-46(79)63-20-11-23-66-49(82)17-29-89-36-62(4,37-90-30-18-50(83)67-24-12-21-64-47(80)15-6-9-27-93-60-53(70-40(2)76)57(87)55(85)44(34-73)96-60)38-91-31-19-51(84)68-25-13-22-65-48(81)16-7-10-28-94-61-54(71-41(3)77)58(88)56(86)45(35-74)97-61/h42-45,52-61,72-74,78,85-88H,5-38H2,1-4H3,(H,63,79)(H,64,80)(H,65,81)(H,66,82)(H,67,83)(H,68,84)(H,69,75)(H,70,76)(H,71,77). The van der Waals surface area contributed by atoms with Gasteiger partial charge in [-0.25, -0.2) is 0 Å². The third kappa shape index (κ3) is 35.9. The predicted molar refractivity (Wildman–Crippen MR) is 340 cm³/mol. The van der Waals surface area contributed by atoms with E-state index >= 15 is 0 Å². The number of aliphatic hydroxyl groups is 8. The van der Waals surface area contributed by atoms with Gasteiger partial charge < -0.3 is 131 Å². The molecule has 0 aliphatic carbocycles. The van der Waals surface area contributed by atoms with Crippen molar-refractivity contribution in [1.29, 1.82) is 0 Å². The van der Waals surface area contributed by atoms with Crippen molar-refractivity contribution in [2.24, 2.45) is 5.41 Å². The van der Waals surface area contributed by atoms with Gasteiger partial charge in [0.25, 0.3) is 0 Å². The predicted octanol–water partition coefficient (Wildman–Crippen LogP) is -5.50. The van der Waals surface area contributed by atoms with Crippen molar-refractivity contribution in [2.75, 3.05) is 119 Å². The zero-order valence-corrected chi connectivity index (χ0v) is 56.6. The topological polar surface area (TPSA) is 507 Å². The van der Waals surface area contributed by atoms with E-state index in [1.165, 1.54) is 20.8 Å². The number of carbonyl (C=O) groups excluding carboxylic acids is 9. The van der Waals surface area contributed by atoms with Crippen molar-refractivity contribution in [1.82, 2.24) is 47.9 Å². The summed E-state index contributed by atoms with van der Waals surface area (Å²) in [5.41, 5.74) is -0.781. The number of ether oxygens (including phenoxy) is 9. The number of nitrogens with one attached hydrogen (secondary N) is 9. The molecule has 97 heavy (non-hydrogen) atoms. The number of aliphatic hydroxyl groups excluding tert-OH is 8. The number of hydrogen-bond donors (Lipinski definition) is 17. The lowest BCUT2D eigenvalue weighted by molar-refractivity contribution is -0.270. The number of carbonyl (C=O) groups is 9. The van der Waals surface area contributed by atoms with E-state index in [1.807, 2.05) is 6.92 Å². The van der Waals surface area contributed by atoms with Crippen LogP contribution >= 0.6 is 0 Å². The van der Waals surface area contributed by atoms with Gasteiger partial charge >= 0.3 is 0 Å². The molecule has 9 amide bonds. The molecule has 0 radical (unpaired) electrons. The van der Waals surface area contributed by atoms with Gasteiger partial charge in [0.2, 0.25) is 53.2 Å². The molecule has 3 saturated heterocycles. The van der Waals surface area contributed by atoms with Crippen LogP contribution in [-0.4, -0.2) is 298 Å². The van der Waals surface area contributed by atoms with Crippen molar-refractivity contribution in [3.8, 4) is 0 Å². The number of unbranched alkanes of at least 4 members (excludes halogenated alkanes) is 3.